The summed E-state index contributed by atoms with van der Waals surface area (Å²) in [5.74, 6) is 1.46. The van der Waals surface area contributed by atoms with Crippen molar-refractivity contribution in [2.45, 2.75) is 45.2 Å². The molecule has 1 N–H and O–H groups in total. The molecule has 0 spiro atoms. The first-order valence-corrected chi connectivity index (χ1v) is 8.67. The number of likely N-dealkylation sites (N-methyl/N-ethyl adjacent to an activating group) is 1. The maximum Gasteiger partial charge on any atom is 0.234 e. The molecule has 4 nitrogen and oxygen atoms in total. The predicted octanol–water partition coefficient (Wildman–Crippen LogP) is 3.48. The summed E-state index contributed by atoms with van der Waals surface area (Å²) < 4.78 is 5.36. The molecule has 5 heteroatoms. The quantitative estimate of drug-likeness (QED) is 0.863. The van der Waals surface area contributed by atoms with Crippen LogP contribution in [0.4, 0.5) is 0 Å². The van der Waals surface area contributed by atoms with E-state index in [0.717, 1.165) is 17.7 Å². The van der Waals surface area contributed by atoms with Crippen molar-refractivity contribution in [3.05, 3.63) is 28.8 Å². The highest BCUT2D eigenvalue weighted by Gasteiger charge is 2.23. The molecule has 2 atom stereocenters. The SMILES string of the molecule is COc1ccc(Cl)cc1CN(C)CC(=O)N[C@@H]1CCCC[C@@H]1C. The third-order valence-corrected chi connectivity index (χ3v) is 4.79. The van der Waals surface area contributed by atoms with Crippen molar-refractivity contribution in [2.24, 2.45) is 5.92 Å². The molecule has 0 bridgehead atoms. The Bertz CT molecular complexity index is 536. The Kier molecular flexibility index (Phi) is 6.72. The van der Waals surface area contributed by atoms with Crippen LogP contribution in [0.2, 0.25) is 5.02 Å². The number of nitrogens with zero attached hydrogens (tertiary/aromatic N) is 1. The van der Waals surface area contributed by atoms with Crippen molar-refractivity contribution in [3.8, 4) is 5.75 Å². The number of methoxy groups -OCH3 is 1. The molecule has 0 saturated heterocycles. The van der Waals surface area contributed by atoms with Gasteiger partial charge in [-0.25, -0.2) is 0 Å². The number of carbonyl (C=O) groups excluding carboxylic acids is 1. The van der Waals surface area contributed by atoms with E-state index in [9.17, 15) is 4.79 Å². The van der Waals surface area contributed by atoms with Crippen LogP contribution in [0.1, 0.15) is 38.2 Å². The monoisotopic (exact) mass is 338 g/mol. The molecule has 128 valence electrons. The molecule has 0 heterocycles. The van der Waals surface area contributed by atoms with Crippen LogP contribution in [0.25, 0.3) is 0 Å². The summed E-state index contributed by atoms with van der Waals surface area (Å²) >= 11 is 6.05. The zero-order chi connectivity index (χ0) is 16.8. The first kappa shape index (κ1) is 18.1. The van der Waals surface area contributed by atoms with E-state index in [1.54, 1.807) is 13.2 Å². The Morgan fingerprint density at radius 1 is 1.39 bits per heavy atom. The maximum absolute atomic E-state index is 12.3. The molecular weight excluding hydrogens is 312 g/mol. The topological polar surface area (TPSA) is 41.6 Å². The number of benzene rings is 1. The summed E-state index contributed by atoms with van der Waals surface area (Å²) in [7, 11) is 3.58. The Labute approximate surface area is 144 Å². The third kappa shape index (κ3) is 5.40. The van der Waals surface area contributed by atoms with Crippen LogP contribution in [-0.2, 0) is 11.3 Å². The number of carbonyl (C=O) groups is 1. The minimum atomic E-state index is 0.0900. The lowest BCUT2D eigenvalue weighted by Gasteiger charge is -2.30. The van der Waals surface area contributed by atoms with E-state index in [2.05, 4.69) is 12.2 Å². The molecule has 1 aromatic rings. The summed E-state index contributed by atoms with van der Waals surface area (Å²) in [6, 6.07) is 5.87. The van der Waals surface area contributed by atoms with Crippen LogP contribution in [0.3, 0.4) is 0 Å². The van der Waals surface area contributed by atoms with Gasteiger partial charge in [0.05, 0.1) is 13.7 Å². The van der Waals surface area contributed by atoms with Crippen LogP contribution < -0.4 is 10.1 Å². The van der Waals surface area contributed by atoms with Crippen molar-refractivity contribution >= 4 is 17.5 Å². The highest BCUT2D eigenvalue weighted by atomic mass is 35.5. The smallest absolute Gasteiger partial charge is 0.234 e. The summed E-state index contributed by atoms with van der Waals surface area (Å²) in [5.41, 5.74) is 0.987. The Hall–Kier alpha value is -1.26. The van der Waals surface area contributed by atoms with Crippen molar-refractivity contribution in [2.75, 3.05) is 20.7 Å². The number of halogens is 1. The number of rotatable bonds is 6. The molecule has 0 aliphatic heterocycles. The average molecular weight is 339 g/mol. The molecule has 2 rings (SSSR count). The van der Waals surface area contributed by atoms with E-state index in [1.165, 1.54) is 19.3 Å². The average Bonchev–Trinajstić information content (AvgIpc) is 2.49. The second-order valence-corrected chi connectivity index (χ2v) is 7.00. The van der Waals surface area contributed by atoms with Gasteiger partial charge in [0.15, 0.2) is 0 Å². The lowest BCUT2D eigenvalue weighted by atomic mass is 9.86. The molecule has 0 aromatic heterocycles. The van der Waals surface area contributed by atoms with Gasteiger partial charge in [0.2, 0.25) is 5.91 Å². The van der Waals surface area contributed by atoms with Crippen molar-refractivity contribution in [1.82, 2.24) is 10.2 Å². The molecule has 1 aliphatic carbocycles. The lowest BCUT2D eigenvalue weighted by Crippen LogP contribution is -2.44. The fraction of sp³-hybridized carbons (Fsp3) is 0.611. The normalized spacial score (nSPS) is 21.3. The van der Waals surface area contributed by atoms with Gasteiger partial charge in [-0.2, -0.15) is 0 Å². The number of hydrogen-bond donors (Lipinski definition) is 1. The van der Waals surface area contributed by atoms with E-state index in [1.807, 2.05) is 24.1 Å². The van der Waals surface area contributed by atoms with E-state index in [4.69, 9.17) is 16.3 Å². The summed E-state index contributed by atoms with van der Waals surface area (Å²) in [6.45, 7) is 3.22. The predicted molar refractivity (Wildman–Crippen MR) is 93.9 cm³/mol. The summed E-state index contributed by atoms with van der Waals surface area (Å²) in [5, 5.41) is 3.86. The van der Waals surface area contributed by atoms with E-state index in [0.29, 0.717) is 30.1 Å². The second-order valence-electron chi connectivity index (χ2n) is 6.56. The van der Waals surface area contributed by atoms with Crippen LogP contribution in [0.5, 0.6) is 5.75 Å². The third-order valence-electron chi connectivity index (χ3n) is 4.55. The number of ether oxygens (including phenoxy) is 1. The maximum atomic E-state index is 12.3. The van der Waals surface area contributed by atoms with E-state index >= 15 is 0 Å². The molecule has 1 aliphatic rings. The van der Waals surface area contributed by atoms with Crippen LogP contribution >= 0.6 is 11.6 Å². The molecule has 0 radical (unpaired) electrons. The van der Waals surface area contributed by atoms with Crippen LogP contribution in [-0.4, -0.2) is 37.6 Å². The van der Waals surface area contributed by atoms with Gasteiger partial charge in [-0.05, 0) is 44.0 Å². The van der Waals surface area contributed by atoms with Gasteiger partial charge in [0, 0.05) is 23.2 Å². The Morgan fingerprint density at radius 2 is 2.13 bits per heavy atom. The standard InChI is InChI=1S/C18H27ClN2O2/c1-13-6-4-5-7-16(13)20-18(22)12-21(2)11-14-10-15(19)8-9-17(14)23-3/h8-10,13,16H,4-7,11-12H2,1-3H3,(H,20,22)/t13-,16+/m0/s1. The molecular formula is C18H27ClN2O2. The fourth-order valence-corrected chi connectivity index (χ4v) is 3.44. The van der Waals surface area contributed by atoms with Gasteiger partial charge in [0.25, 0.3) is 0 Å². The molecule has 1 aromatic carbocycles. The molecule has 0 unspecified atom stereocenters. The first-order valence-electron chi connectivity index (χ1n) is 8.30. The van der Waals surface area contributed by atoms with Crippen LogP contribution in [0.15, 0.2) is 18.2 Å². The molecule has 1 saturated carbocycles. The van der Waals surface area contributed by atoms with Gasteiger partial charge in [-0.1, -0.05) is 31.4 Å². The Morgan fingerprint density at radius 3 is 2.83 bits per heavy atom. The van der Waals surface area contributed by atoms with Crippen molar-refractivity contribution in [3.63, 3.8) is 0 Å². The van der Waals surface area contributed by atoms with Crippen LogP contribution in [0, 0.1) is 5.92 Å². The molecule has 1 fully saturated rings. The van der Waals surface area contributed by atoms with Crippen molar-refractivity contribution in [1.29, 1.82) is 0 Å². The molecule has 1 amide bonds. The number of nitrogens with one attached hydrogen (secondary N) is 1. The van der Waals surface area contributed by atoms with E-state index in [-0.39, 0.29) is 5.91 Å². The lowest BCUT2D eigenvalue weighted by molar-refractivity contribution is -0.123. The summed E-state index contributed by atoms with van der Waals surface area (Å²) in [4.78, 5) is 14.3. The fourth-order valence-electron chi connectivity index (χ4n) is 3.25. The summed E-state index contributed by atoms with van der Waals surface area (Å²) in [6.07, 6.45) is 4.80. The van der Waals surface area contributed by atoms with Gasteiger partial charge in [-0.15, -0.1) is 0 Å². The van der Waals surface area contributed by atoms with Gasteiger partial charge < -0.3 is 10.1 Å². The minimum Gasteiger partial charge on any atom is -0.496 e. The number of hydrogen-bond acceptors (Lipinski definition) is 3. The zero-order valence-electron chi connectivity index (χ0n) is 14.3. The van der Waals surface area contributed by atoms with Gasteiger partial charge >= 0.3 is 0 Å². The highest BCUT2D eigenvalue weighted by molar-refractivity contribution is 6.30. The second kappa shape index (κ2) is 8.55. The molecule has 23 heavy (non-hydrogen) atoms. The number of amides is 1. The highest BCUT2D eigenvalue weighted by Crippen LogP contribution is 2.25. The zero-order valence-corrected chi connectivity index (χ0v) is 15.0. The van der Waals surface area contributed by atoms with Crippen molar-refractivity contribution < 1.29 is 9.53 Å². The van der Waals surface area contributed by atoms with Gasteiger partial charge in [-0.3, -0.25) is 9.69 Å². The van der Waals surface area contributed by atoms with E-state index < -0.39 is 0 Å². The minimum absolute atomic E-state index is 0.0900. The van der Waals surface area contributed by atoms with Gasteiger partial charge in [0.1, 0.15) is 5.75 Å². The first-order chi connectivity index (χ1) is 11.0. The Balaban J connectivity index is 1.87. The largest absolute Gasteiger partial charge is 0.496 e.